The minimum atomic E-state index is -0.924. The van der Waals surface area contributed by atoms with Gasteiger partial charge in [0, 0.05) is 29.9 Å². The Morgan fingerprint density at radius 1 is 1.21 bits per heavy atom. The fourth-order valence-corrected chi connectivity index (χ4v) is 3.37. The van der Waals surface area contributed by atoms with E-state index in [1.807, 2.05) is 11.8 Å². The average molecular weight is 386 g/mol. The van der Waals surface area contributed by atoms with Gasteiger partial charge in [0.1, 0.15) is 17.4 Å². The van der Waals surface area contributed by atoms with Crippen molar-refractivity contribution >= 4 is 17.5 Å². The van der Waals surface area contributed by atoms with E-state index in [0.29, 0.717) is 30.5 Å². The van der Waals surface area contributed by atoms with E-state index in [9.17, 15) is 18.4 Å². The van der Waals surface area contributed by atoms with E-state index in [2.05, 4.69) is 5.32 Å². The monoisotopic (exact) mass is 386 g/mol. The minimum absolute atomic E-state index is 0.0137. The van der Waals surface area contributed by atoms with Crippen LogP contribution in [-0.4, -0.2) is 28.9 Å². The second kappa shape index (κ2) is 7.22. The van der Waals surface area contributed by atoms with Gasteiger partial charge in [0.25, 0.3) is 11.8 Å². The number of nitrogens with one attached hydrogen (secondary N) is 1. The van der Waals surface area contributed by atoms with E-state index in [0.717, 1.165) is 30.5 Å². The van der Waals surface area contributed by atoms with Gasteiger partial charge in [-0.25, -0.2) is 8.78 Å². The maximum Gasteiger partial charge on any atom is 0.264 e. The van der Waals surface area contributed by atoms with Gasteiger partial charge in [-0.1, -0.05) is 6.92 Å². The zero-order chi connectivity index (χ0) is 19.8. The second-order valence-electron chi connectivity index (χ2n) is 7.11. The Bertz CT molecular complexity index is 943. The van der Waals surface area contributed by atoms with Crippen LogP contribution in [0.1, 0.15) is 42.1 Å². The number of carbonyl (C=O) groups is 2. The molecule has 2 aliphatic rings. The van der Waals surface area contributed by atoms with E-state index in [4.69, 9.17) is 4.74 Å². The number of nitrogens with zero attached hydrogens (tertiary/aromatic N) is 1. The van der Waals surface area contributed by atoms with Crippen LogP contribution in [-0.2, 0) is 11.3 Å². The Hall–Kier alpha value is -2.96. The number of halogens is 2. The first-order chi connectivity index (χ1) is 13.5. The first-order valence-corrected chi connectivity index (χ1v) is 9.32. The van der Waals surface area contributed by atoms with Gasteiger partial charge in [0.05, 0.1) is 5.56 Å². The number of ether oxygens (including phenoxy) is 1. The highest BCUT2D eigenvalue weighted by Gasteiger charge is 2.38. The highest BCUT2D eigenvalue weighted by atomic mass is 19.1. The highest BCUT2D eigenvalue weighted by Crippen LogP contribution is 2.35. The standard InChI is InChI=1S/C21H20F2N2O3/c1-2-18-21(27)25(15-5-6-15)11-12-9-14(4-8-19(12)28-18)24-20(26)16-7-3-13(22)10-17(16)23/h3-4,7-10,15,18H,2,5-6,11H2,1H3,(H,24,26). The summed E-state index contributed by atoms with van der Waals surface area (Å²) < 4.78 is 32.8. The van der Waals surface area contributed by atoms with Crippen LogP contribution in [0.5, 0.6) is 5.75 Å². The number of benzene rings is 2. The van der Waals surface area contributed by atoms with Crippen LogP contribution in [0.3, 0.4) is 0 Å². The molecule has 146 valence electrons. The van der Waals surface area contributed by atoms with Crippen molar-refractivity contribution in [2.45, 2.75) is 44.9 Å². The fraction of sp³-hybridized carbons (Fsp3) is 0.333. The summed E-state index contributed by atoms with van der Waals surface area (Å²) in [5.74, 6) is -1.75. The lowest BCUT2D eigenvalue weighted by molar-refractivity contribution is -0.139. The number of amides is 2. The number of rotatable bonds is 4. The third-order valence-electron chi connectivity index (χ3n) is 5.02. The molecular weight excluding hydrogens is 366 g/mol. The highest BCUT2D eigenvalue weighted by molar-refractivity contribution is 6.04. The Morgan fingerprint density at radius 2 is 2.00 bits per heavy atom. The molecule has 0 radical (unpaired) electrons. The van der Waals surface area contributed by atoms with Crippen molar-refractivity contribution in [2.75, 3.05) is 5.32 Å². The summed E-state index contributed by atoms with van der Waals surface area (Å²) in [5.41, 5.74) is 0.997. The lowest BCUT2D eigenvalue weighted by Crippen LogP contribution is -2.40. The molecule has 1 unspecified atom stereocenters. The quantitative estimate of drug-likeness (QED) is 0.868. The molecule has 28 heavy (non-hydrogen) atoms. The lowest BCUT2D eigenvalue weighted by atomic mass is 10.1. The molecule has 5 nitrogen and oxygen atoms in total. The Labute approximate surface area is 161 Å². The molecule has 1 saturated carbocycles. The molecule has 1 atom stereocenters. The van der Waals surface area contributed by atoms with Crippen LogP contribution in [0.25, 0.3) is 0 Å². The molecule has 1 aliphatic heterocycles. The Morgan fingerprint density at radius 3 is 2.68 bits per heavy atom. The van der Waals surface area contributed by atoms with Crippen molar-refractivity contribution in [1.29, 1.82) is 0 Å². The molecular formula is C21H20F2N2O3. The number of hydrogen-bond acceptors (Lipinski definition) is 3. The van der Waals surface area contributed by atoms with Crippen molar-refractivity contribution in [2.24, 2.45) is 0 Å². The Kier molecular flexibility index (Phi) is 4.75. The fourth-order valence-electron chi connectivity index (χ4n) is 3.37. The predicted octanol–water partition coefficient (Wildman–Crippen LogP) is 3.88. The maximum atomic E-state index is 13.8. The predicted molar refractivity (Wildman–Crippen MR) is 99.0 cm³/mol. The molecule has 1 fully saturated rings. The first-order valence-electron chi connectivity index (χ1n) is 9.32. The van der Waals surface area contributed by atoms with Gasteiger partial charge in [-0.2, -0.15) is 0 Å². The van der Waals surface area contributed by atoms with Gasteiger partial charge in [-0.3, -0.25) is 9.59 Å². The second-order valence-corrected chi connectivity index (χ2v) is 7.11. The zero-order valence-corrected chi connectivity index (χ0v) is 15.4. The summed E-state index contributed by atoms with van der Waals surface area (Å²) >= 11 is 0. The molecule has 1 aliphatic carbocycles. The van der Waals surface area contributed by atoms with Crippen LogP contribution in [0.15, 0.2) is 36.4 Å². The normalized spacial score (nSPS) is 18.9. The number of carbonyl (C=O) groups excluding carboxylic acids is 2. The van der Waals surface area contributed by atoms with E-state index < -0.39 is 23.6 Å². The maximum absolute atomic E-state index is 13.8. The summed E-state index contributed by atoms with van der Waals surface area (Å²) in [6, 6.07) is 8.13. The van der Waals surface area contributed by atoms with Crippen molar-refractivity contribution in [3.8, 4) is 5.75 Å². The molecule has 2 amide bonds. The molecule has 0 bridgehead atoms. The summed E-state index contributed by atoms with van der Waals surface area (Å²) in [6.45, 7) is 2.31. The van der Waals surface area contributed by atoms with Gasteiger partial charge < -0.3 is 15.0 Å². The molecule has 2 aromatic carbocycles. The first kappa shape index (κ1) is 18.4. The summed E-state index contributed by atoms with van der Waals surface area (Å²) in [6.07, 6.45) is 2.02. The summed E-state index contributed by atoms with van der Waals surface area (Å²) in [5, 5.41) is 2.62. The molecule has 0 saturated heterocycles. The van der Waals surface area contributed by atoms with Crippen molar-refractivity contribution in [3.05, 3.63) is 59.2 Å². The van der Waals surface area contributed by atoms with Gasteiger partial charge in [-0.05, 0) is 49.6 Å². The Balaban J connectivity index is 1.59. The van der Waals surface area contributed by atoms with Crippen molar-refractivity contribution in [3.63, 3.8) is 0 Å². The van der Waals surface area contributed by atoms with Gasteiger partial charge in [0.15, 0.2) is 6.10 Å². The van der Waals surface area contributed by atoms with E-state index in [-0.39, 0.29) is 17.5 Å². The number of hydrogen-bond donors (Lipinski definition) is 1. The molecule has 2 aromatic rings. The number of anilines is 1. The van der Waals surface area contributed by atoms with E-state index >= 15 is 0 Å². The average Bonchev–Trinajstić information content (AvgIpc) is 3.49. The largest absolute Gasteiger partial charge is 0.480 e. The van der Waals surface area contributed by atoms with Crippen molar-refractivity contribution in [1.82, 2.24) is 4.90 Å². The molecule has 1 N–H and O–H groups in total. The molecule has 7 heteroatoms. The lowest BCUT2D eigenvalue weighted by Gasteiger charge is -2.22. The van der Waals surface area contributed by atoms with Gasteiger partial charge >= 0.3 is 0 Å². The molecule has 0 spiro atoms. The summed E-state index contributed by atoms with van der Waals surface area (Å²) in [4.78, 5) is 26.9. The smallest absolute Gasteiger partial charge is 0.264 e. The topological polar surface area (TPSA) is 58.6 Å². The van der Waals surface area contributed by atoms with Gasteiger partial charge in [-0.15, -0.1) is 0 Å². The number of fused-ring (bicyclic) bond motifs is 1. The molecule has 4 rings (SSSR count). The summed E-state index contributed by atoms with van der Waals surface area (Å²) in [7, 11) is 0. The van der Waals surface area contributed by atoms with Crippen LogP contribution in [0.4, 0.5) is 14.5 Å². The third-order valence-corrected chi connectivity index (χ3v) is 5.02. The minimum Gasteiger partial charge on any atom is -0.480 e. The molecule has 1 heterocycles. The van der Waals surface area contributed by atoms with Crippen LogP contribution in [0, 0.1) is 11.6 Å². The van der Waals surface area contributed by atoms with Crippen LogP contribution in [0.2, 0.25) is 0 Å². The molecule has 0 aromatic heterocycles. The SMILES string of the molecule is CCC1Oc2ccc(NC(=O)c3ccc(F)cc3F)cc2CN(C2CC2)C1=O. The van der Waals surface area contributed by atoms with Crippen LogP contribution < -0.4 is 10.1 Å². The third kappa shape index (κ3) is 3.56. The van der Waals surface area contributed by atoms with Crippen molar-refractivity contribution < 1.29 is 23.1 Å². The van der Waals surface area contributed by atoms with E-state index in [1.165, 1.54) is 0 Å². The van der Waals surface area contributed by atoms with Crippen LogP contribution >= 0.6 is 0 Å². The van der Waals surface area contributed by atoms with E-state index in [1.54, 1.807) is 18.2 Å². The zero-order valence-electron chi connectivity index (χ0n) is 15.4. The van der Waals surface area contributed by atoms with Gasteiger partial charge in [0.2, 0.25) is 0 Å².